The Balaban J connectivity index is 1.58. The average molecular weight is 475 g/mol. The van der Waals surface area contributed by atoms with E-state index in [1.165, 1.54) is 12.1 Å². The summed E-state index contributed by atoms with van der Waals surface area (Å²) in [5.41, 5.74) is 5.90. The van der Waals surface area contributed by atoms with Gasteiger partial charge in [0, 0.05) is 34.8 Å². The Bertz CT molecular complexity index is 1550. The number of allylic oxidation sites excluding steroid dienone is 1. The van der Waals surface area contributed by atoms with Gasteiger partial charge in [-0.25, -0.2) is 0 Å². The van der Waals surface area contributed by atoms with E-state index in [2.05, 4.69) is 16.7 Å². The molecular formula is C29H22N4O3. The van der Waals surface area contributed by atoms with Crippen molar-refractivity contribution >= 4 is 17.3 Å². The van der Waals surface area contributed by atoms with Crippen LogP contribution in [-0.2, 0) is 6.61 Å². The van der Waals surface area contributed by atoms with Crippen LogP contribution in [0.4, 0.5) is 5.69 Å². The molecule has 0 aliphatic carbocycles. The molecule has 1 aromatic heterocycles. The summed E-state index contributed by atoms with van der Waals surface area (Å²) in [6.45, 7) is 4.24. The number of hydrogen-bond acceptors (Lipinski definition) is 5. The highest BCUT2D eigenvalue weighted by molar-refractivity contribution is 5.90. The van der Waals surface area contributed by atoms with E-state index in [0.29, 0.717) is 29.1 Å². The van der Waals surface area contributed by atoms with E-state index < -0.39 is 4.92 Å². The molecule has 7 nitrogen and oxygen atoms in total. The Morgan fingerprint density at radius 2 is 1.78 bits per heavy atom. The maximum absolute atomic E-state index is 11.1. The van der Waals surface area contributed by atoms with Crippen LogP contribution in [0.1, 0.15) is 33.6 Å². The molecule has 1 heterocycles. The van der Waals surface area contributed by atoms with Gasteiger partial charge in [0.05, 0.1) is 28.2 Å². The van der Waals surface area contributed by atoms with Crippen molar-refractivity contribution in [1.82, 2.24) is 4.57 Å². The summed E-state index contributed by atoms with van der Waals surface area (Å²) in [6, 6.07) is 27.4. The molecule has 36 heavy (non-hydrogen) atoms. The number of ether oxygens (including phenoxy) is 1. The molecule has 0 radical (unpaired) electrons. The summed E-state index contributed by atoms with van der Waals surface area (Å²) < 4.78 is 7.95. The molecule has 0 fully saturated rings. The highest BCUT2D eigenvalue weighted by atomic mass is 16.6. The summed E-state index contributed by atoms with van der Waals surface area (Å²) in [5, 5.41) is 30.1. The summed E-state index contributed by atoms with van der Waals surface area (Å²) in [4.78, 5) is 10.7. The lowest BCUT2D eigenvalue weighted by atomic mass is 10.0. The highest BCUT2D eigenvalue weighted by Gasteiger charge is 2.13. The molecule has 0 aliphatic rings. The minimum atomic E-state index is -0.472. The monoisotopic (exact) mass is 474 g/mol. The fourth-order valence-corrected chi connectivity index (χ4v) is 4.06. The van der Waals surface area contributed by atoms with E-state index >= 15 is 0 Å². The van der Waals surface area contributed by atoms with Crippen molar-refractivity contribution in [3.63, 3.8) is 0 Å². The summed E-state index contributed by atoms with van der Waals surface area (Å²) in [7, 11) is 0. The van der Waals surface area contributed by atoms with Crippen molar-refractivity contribution in [2.45, 2.75) is 20.5 Å². The van der Waals surface area contributed by atoms with E-state index in [9.17, 15) is 20.6 Å². The molecule has 0 saturated heterocycles. The number of nitro groups is 1. The van der Waals surface area contributed by atoms with Gasteiger partial charge < -0.3 is 9.30 Å². The Morgan fingerprint density at radius 1 is 1.03 bits per heavy atom. The number of non-ortho nitro benzene ring substituents is 1. The zero-order valence-corrected chi connectivity index (χ0v) is 19.8. The number of nitriles is 2. The second kappa shape index (κ2) is 10.4. The third-order valence-corrected chi connectivity index (χ3v) is 5.89. The van der Waals surface area contributed by atoms with E-state index in [-0.39, 0.29) is 5.69 Å². The minimum absolute atomic E-state index is 0.0578. The number of hydrogen-bond donors (Lipinski definition) is 0. The molecule has 0 bridgehead atoms. The lowest BCUT2D eigenvalue weighted by Crippen LogP contribution is -2.01. The average Bonchev–Trinajstić information content (AvgIpc) is 3.18. The zero-order chi connectivity index (χ0) is 25.7. The van der Waals surface area contributed by atoms with Crippen LogP contribution in [0.5, 0.6) is 5.75 Å². The molecule has 4 aromatic rings. The first-order valence-electron chi connectivity index (χ1n) is 11.2. The molecule has 4 rings (SSSR count). The van der Waals surface area contributed by atoms with E-state index in [4.69, 9.17) is 4.74 Å². The van der Waals surface area contributed by atoms with Crippen molar-refractivity contribution in [1.29, 1.82) is 10.5 Å². The summed E-state index contributed by atoms with van der Waals surface area (Å²) in [6.07, 6.45) is 1.75. The lowest BCUT2D eigenvalue weighted by molar-refractivity contribution is -0.384. The summed E-state index contributed by atoms with van der Waals surface area (Å²) >= 11 is 0. The Morgan fingerprint density at radius 3 is 2.47 bits per heavy atom. The fraction of sp³-hybridized carbons (Fsp3) is 0.103. The smallest absolute Gasteiger partial charge is 0.270 e. The first-order chi connectivity index (χ1) is 17.4. The van der Waals surface area contributed by atoms with Gasteiger partial charge in [-0.05, 0) is 67.4 Å². The van der Waals surface area contributed by atoms with E-state index in [1.54, 1.807) is 24.3 Å². The molecule has 0 saturated carbocycles. The molecule has 0 spiro atoms. The number of rotatable bonds is 7. The van der Waals surface area contributed by atoms with Crippen LogP contribution in [0.2, 0.25) is 0 Å². The Hall–Kier alpha value is -5.14. The van der Waals surface area contributed by atoms with Crippen LogP contribution in [-0.4, -0.2) is 9.49 Å². The third-order valence-electron chi connectivity index (χ3n) is 5.89. The van der Waals surface area contributed by atoms with Crippen molar-refractivity contribution in [3.8, 4) is 23.6 Å². The topological polar surface area (TPSA) is 105 Å². The normalized spacial score (nSPS) is 10.9. The van der Waals surface area contributed by atoms with E-state index in [0.717, 1.165) is 28.2 Å². The number of nitro benzene ring substituents is 1. The molecule has 3 aromatic carbocycles. The molecule has 0 N–H and O–H groups in total. The molecule has 0 aliphatic heterocycles. The molecule has 176 valence electrons. The predicted octanol–water partition coefficient (Wildman–Crippen LogP) is 6.52. The van der Waals surface area contributed by atoms with Crippen molar-refractivity contribution < 1.29 is 9.66 Å². The minimum Gasteiger partial charge on any atom is -0.489 e. The van der Waals surface area contributed by atoms with Crippen LogP contribution < -0.4 is 4.74 Å². The van der Waals surface area contributed by atoms with Gasteiger partial charge in [0.2, 0.25) is 0 Å². The molecule has 0 amide bonds. The second-order valence-electron chi connectivity index (χ2n) is 8.19. The van der Waals surface area contributed by atoms with Crippen LogP contribution in [0.25, 0.3) is 17.3 Å². The quantitative estimate of drug-likeness (QED) is 0.172. The van der Waals surface area contributed by atoms with Gasteiger partial charge in [0.15, 0.2) is 0 Å². The van der Waals surface area contributed by atoms with Gasteiger partial charge in [-0.3, -0.25) is 10.1 Å². The van der Waals surface area contributed by atoms with Crippen LogP contribution in [0.3, 0.4) is 0 Å². The summed E-state index contributed by atoms with van der Waals surface area (Å²) in [5.74, 6) is 0.687. The van der Waals surface area contributed by atoms with Crippen LogP contribution in [0, 0.1) is 46.6 Å². The number of aryl methyl sites for hydroxylation is 1. The predicted molar refractivity (Wildman–Crippen MR) is 137 cm³/mol. The van der Waals surface area contributed by atoms with Gasteiger partial charge in [-0.2, -0.15) is 10.5 Å². The fourth-order valence-electron chi connectivity index (χ4n) is 4.06. The van der Waals surface area contributed by atoms with Crippen LogP contribution >= 0.6 is 0 Å². The van der Waals surface area contributed by atoms with Gasteiger partial charge in [-0.1, -0.05) is 30.3 Å². The van der Waals surface area contributed by atoms with Gasteiger partial charge in [0.1, 0.15) is 12.4 Å². The van der Waals surface area contributed by atoms with Crippen molar-refractivity contribution in [3.05, 3.63) is 123 Å². The van der Waals surface area contributed by atoms with Crippen molar-refractivity contribution in [2.24, 2.45) is 0 Å². The third kappa shape index (κ3) is 5.01. The van der Waals surface area contributed by atoms with E-state index in [1.807, 2.05) is 62.4 Å². The Labute approximate surface area is 208 Å². The standard InChI is InChI=1S/C29H22N4O3/c1-20-14-25(15-26(18-31)22-8-5-9-28(16-22)33(34)35)21(2)32(20)27-10-12-29(13-11-27)36-19-24-7-4-3-6-23(24)17-30/h3-16H,19H2,1-2H3. The van der Waals surface area contributed by atoms with Crippen molar-refractivity contribution in [2.75, 3.05) is 0 Å². The first-order valence-corrected chi connectivity index (χ1v) is 11.2. The lowest BCUT2D eigenvalue weighted by Gasteiger charge is -2.12. The SMILES string of the molecule is Cc1cc(C=C(C#N)c2cccc([N+](=O)[O-])c2)c(C)n1-c1ccc(OCc2ccccc2C#N)cc1. The second-order valence-corrected chi connectivity index (χ2v) is 8.19. The Kier molecular flexibility index (Phi) is 6.95. The molecule has 0 atom stereocenters. The number of benzene rings is 3. The van der Waals surface area contributed by atoms with Gasteiger partial charge in [-0.15, -0.1) is 0 Å². The highest BCUT2D eigenvalue weighted by Crippen LogP contribution is 2.27. The van der Waals surface area contributed by atoms with Crippen LogP contribution in [0.15, 0.2) is 78.9 Å². The van der Waals surface area contributed by atoms with Gasteiger partial charge >= 0.3 is 0 Å². The first kappa shape index (κ1) is 24.0. The maximum atomic E-state index is 11.1. The zero-order valence-electron chi connectivity index (χ0n) is 19.8. The van der Waals surface area contributed by atoms with Gasteiger partial charge in [0.25, 0.3) is 5.69 Å². The molecule has 0 unspecified atom stereocenters. The number of nitrogens with zero attached hydrogens (tertiary/aromatic N) is 4. The molecular weight excluding hydrogens is 452 g/mol. The number of aromatic nitrogens is 1. The maximum Gasteiger partial charge on any atom is 0.270 e. The largest absolute Gasteiger partial charge is 0.489 e. The molecule has 7 heteroatoms.